The minimum absolute atomic E-state index is 0.302. The second-order valence-corrected chi connectivity index (χ2v) is 6.13. The van der Waals surface area contributed by atoms with Gasteiger partial charge in [0.2, 0.25) is 5.91 Å². The Morgan fingerprint density at radius 1 is 1.33 bits per heavy atom. The first-order valence-electron chi connectivity index (χ1n) is 8.61. The van der Waals surface area contributed by atoms with Gasteiger partial charge in [0.05, 0.1) is 13.2 Å². The summed E-state index contributed by atoms with van der Waals surface area (Å²) in [5.74, 6) is 0.302. The van der Waals surface area contributed by atoms with E-state index in [9.17, 15) is 4.79 Å². The van der Waals surface area contributed by atoms with Crippen LogP contribution in [0.1, 0.15) is 39.0 Å². The van der Waals surface area contributed by atoms with E-state index in [1.54, 1.807) is 0 Å². The quantitative estimate of drug-likeness (QED) is 0.764. The van der Waals surface area contributed by atoms with Crippen LogP contribution < -0.4 is 5.32 Å². The van der Waals surface area contributed by atoms with Crippen LogP contribution in [0, 0.1) is 0 Å². The number of piperidine rings is 1. The number of nitrogens with zero attached hydrogens (tertiary/aromatic N) is 2. The van der Waals surface area contributed by atoms with Gasteiger partial charge in [-0.25, -0.2) is 0 Å². The zero-order valence-electron chi connectivity index (χ0n) is 13.5. The number of ether oxygens (including phenoxy) is 1. The standard InChI is InChI=1S/C16H31N3O2/c1-2-8-18(15-5-3-7-17-14-15)9-4-6-16(20)19-10-12-21-13-11-19/h15,17H,2-14H2,1H3. The molecule has 5 heteroatoms. The highest BCUT2D eigenvalue weighted by atomic mass is 16.5. The van der Waals surface area contributed by atoms with Crippen molar-refractivity contribution in [3.63, 3.8) is 0 Å². The molecule has 1 atom stereocenters. The van der Waals surface area contributed by atoms with Gasteiger partial charge < -0.3 is 15.0 Å². The molecule has 0 spiro atoms. The minimum atomic E-state index is 0.302. The molecule has 2 rings (SSSR count). The van der Waals surface area contributed by atoms with E-state index >= 15 is 0 Å². The van der Waals surface area contributed by atoms with Gasteiger partial charge in [0.25, 0.3) is 0 Å². The van der Waals surface area contributed by atoms with E-state index in [0.717, 1.165) is 45.7 Å². The Kier molecular flexibility index (Phi) is 7.47. The van der Waals surface area contributed by atoms with Crippen molar-refractivity contribution in [3.8, 4) is 0 Å². The first-order chi connectivity index (χ1) is 10.3. The summed E-state index contributed by atoms with van der Waals surface area (Å²) in [5.41, 5.74) is 0. The van der Waals surface area contributed by atoms with E-state index in [2.05, 4.69) is 17.1 Å². The lowest BCUT2D eigenvalue weighted by atomic mass is 10.0. The topological polar surface area (TPSA) is 44.8 Å². The van der Waals surface area contributed by atoms with Crippen molar-refractivity contribution in [2.24, 2.45) is 0 Å². The third-order valence-corrected chi connectivity index (χ3v) is 4.50. The molecular formula is C16H31N3O2. The fourth-order valence-electron chi connectivity index (χ4n) is 3.31. The van der Waals surface area contributed by atoms with Crippen LogP contribution in [-0.2, 0) is 9.53 Å². The van der Waals surface area contributed by atoms with Gasteiger partial charge in [-0.15, -0.1) is 0 Å². The molecular weight excluding hydrogens is 266 g/mol. The Morgan fingerprint density at radius 3 is 2.81 bits per heavy atom. The SMILES string of the molecule is CCCN(CCCC(=O)N1CCOCC1)C1CCCNC1. The molecule has 1 N–H and O–H groups in total. The fraction of sp³-hybridized carbons (Fsp3) is 0.938. The van der Waals surface area contributed by atoms with Crippen LogP contribution in [-0.4, -0.2) is 74.2 Å². The number of nitrogens with one attached hydrogen (secondary N) is 1. The van der Waals surface area contributed by atoms with E-state index < -0.39 is 0 Å². The molecule has 5 nitrogen and oxygen atoms in total. The van der Waals surface area contributed by atoms with Crippen LogP contribution in [0.4, 0.5) is 0 Å². The van der Waals surface area contributed by atoms with Crippen molar-refractivity contribution < 1.29 is 9.53 Å². The van der Waals surface area contributed by atoms with E-state index in [-0.39, 0.29) is 0 Å². The molecule has 0 radical (unpaired) electrons. The highest BCUT2D eigenvalue weighted by Crippen LogP contribution is 2.12. The summed E-state index contributed by atoms with van der Waals surface area (Å²) >= 11 is 0. The summed E-state index contributed by atoms with van der Waals surface area (Å²) in [4.78, 5) is 16.7. The zero-order chi connectivity index (χ0) is 14.9. The molecule has 0 aromatic heterocycles. The van der Waals surface area contributed by atoms with Crippen molar-refractivity contribution in [1.82, 2.24) is 15.1 Å². The fourth-order valence-corrected chi connectivity index (χ4v) is 3.31. The molecule has 0 aliphatic carbocycles. The average molecular weight is 297 g/mol. The van der Waals surface area contributed by atoms with Crippen molar-refractivity contribution in [2.45, 2.75) is 45.1 Å². The number of hydrogen-bond donors (Lipinski definition) is 1. The summed E-state index contributed by atoms with van der Waals surface area (Å²) in [7, 11) is 0. The normalized spacial score (nSPS) is 23.5. The first kappa shape index (κ1) is 16.7. The minimum Gasteiger partial charge on any atom is -0.378 e. The lowest BCUT2D eigenvalue weighted by molar-refractivity contribution is -0.135. The summed E-state index contributed by atoms with van der Waals surface area (Å²) in [6.07, 6.45) is 5.42. The smallest absolute Gasteiger partial charge is 0.222 e. The molecule has 1 amide bonds. The number of hydrogen-bond acceptors (Lipinski definition) is 4. The van der Waals surface area contributed by atoms with Crippen molar-refractivity contribution >= 4 is 5.91 Å². The zero-order valence-corrected chi connectivity index (χ0v) is 13.5. The van der Waals surface area contributed by atoms with E-state index in [4.69, 9.17) is 4.74 Å². The molecule has 2 aliphatic heterocycles. The van der Waals surface area contributed by atoms with Crippen LogP contribution in [0.5, 0.6) is 0 Å². The second kappa shape index (κ2) is 9.38. The molecule has 2 aliphatic rings. The number of amides is 1. The molecule has 2 heterocycles. The molecule has 122 valence electrons. The number of morpholine rings is 1. The maximum absolute atomic E-state index is 12.2. The Balaban J connectivity index is 1.69. The van der Waals surface area contributed by atoms with Crippen LogP contribution in [0.15, 0.2) is 0 Å². The lowest BCUT2D eigenvalue weighted by Crippen LogP contribution is -2.47. The van der Waals surface area contributed by atoms with Crippen LogP contribution in [0.2, 0.25) is 0 Å². The Bertz CT molecular complexity index is 300. The molecule has 0 aromatic carbocycles. The maximum atomic E-state index is 12.2. The molecule has 1 unspecified atom stereocenters. The molecule has 0 aromatic rings. The van der Waals surface area contributed by atoms with Gasteiger partial charge in [0.1, 0.15) is 0 Å². The number of carbonyl (C=O) groups is 1. The third-order valence-electron chi connectivity index (χ3n) is 4.50. The van der Waals surface area contributed by atoms with E-state index in [1.807, 2.05) is 4.90 Å². The summed E-state index contributed by atoms with van der Waals surface area (Å²) in [6, 6.07) is 0.664. The third kappa shape index (κ3) is 5.57. The lowest BCUT2D eigenvalue weighted by Gasteiger charge is -2.34. The average Bonchev–Trinajstić information content (AvgIpc) is 2.55. The molecule has 2 saturated heterocycles. The Morgan fingerprint density at radius 2 is 2.14 bits per heavy atom. The molecule has 2 fully saturated rings. The highest BCUT2D eigenvalue weighted by Gasteiger charge is 2.21. The van der Waals surface area contributed by atoms with Gasteiger partial charge in [-0.3, -0.25) is 9.69 Å². The van der Waals surface area contributed by atoms with Crippen molar-refractivity contribution in [2.75, 3.05) is 52.5 Å². The molecule has 0 saturated carbocycles. The van der Waals surface area contributed by atoms with Crippen LogP contribution in [0.25, 0.3) is 0 Å². The molecule has 0 bridgehead atoms. The van der Waals surface area contributed by atoms with Gasteiger partial charge in [-0.1, -0.05) is 6.92 Å². The predicted molar refractivity (Wildman–Crippen MR) is 84.4 cm³/mol. The number of carbonyl (C=O) groups excluding carboxylic acids is 1. The largest absolute Gasteiger partial charge is 0.378 e. The van der Waals surface area contributed by atoms with Crippen LogP contribution in [0.3, 0.4) is 0 Å². The summed E-state index contributed by atoms with van der Waals surface area (Å²) < 4.78 is 5.29. The summed E-state index contributed by atoms with van der Waals surface area (Å²) in [6.45, 7) is 9.64. The second-order valence-electron chi connectivity index (χ2n) is 6.13. The van der Waals surface area contributed by atoms with Gasteiger partial charge >= 0.3 is 0 Å². The van der Waals surface area contributed by atoms with Gasteiger partial charge in [0, 0.05) is 32.1 Å². The monoisotopic (exact) mass is 297 g/mol. The highest BCUT2D eigenvalue weighted by molar-refractivity contribution is 5.76. The number of rotatable bonds is 7. The Labute approximate surface area is 129 Å². The first-order valence-corrected chi connectivity index (χ1v) is 8.61. The summed E-state index contributed by atoms with van der Waals surface area (Å²) in [5, 5.41) is 3.49. The van der Waals surface area contributed by atoms with E-state index in [1.165, 1.54) is 19.3 Å². The van der Waals surface area contributed by atoms with Crippen molar-refractivity contribution in [3.05, 3.63) is 0 Å². The van der Waals surface area contributed by atoms with Gasteiger partial charge in [-0.05, 0) is 45.3 Å². The Hall–Kier alpha value is -0.650. The van der Waals surface area contributed by atoms with E-state index in [0.29, 0.717) is 31.6 Å². The maximum Gasteiger partial charge on any atom is 0.222 e. The van der Waals surface area contributed by atoms with Crippen molar-refractivity contribution in [1.29, 1.82) is 0 Å². The predicted octanol–water partition coefficient (Wildman–Crippen LogP) is 1.09. The van der Waals surface area contributed by atoms with Gasteiger partial charge in [0.15, 0.2) is 0 Å². The molecule has 21 heavy (non-hydrogen) atoms. The van der Waals surface area contributed by atoms with Crippen LogP contribution >= 0.6 is 0 Å². The van der Waals surface area contributed by atoms with Gasteiger partial charge in [-0.2, -0.15) is 0 Å².